The van der Waals surface area contributed by atoms with E-state index in [4.69, 9.17) is 0 Å². The summed E-state index contributed by atoms with van der Waals surface area (Å²) in [6.45, 7) is 3.49. The molecule has 1 aliphatic heterocycles. The Morgan fingerprint density at radius 2 is 2.09 bits per heavy atom. The monoisotopic (exact) mass is 171 g/mol. The van der Waals surface area contributed by atoms with Crippen molar-refractivity contribution in [2.45, 2.75) is 49.3 Å². The maximum atomic E-state index is 4.66. The number of hydrogen-bond donors (Lipinski definition) is 2. The van der Waals surface area contributed by atoms with Crippen LogP contribution in [-0.2, 0) is 0 Å². The average Bonchev–Trinajstić information content (AvgIpc) is 2.43. The minimum atomic E-state index is 0.303. The van der Waals surface area contributed by atoms with Gasteiger partial charge in [-0.3, -0.25) is 0 Å². The molecular weight excluding hydrogens is 154 g/mol. The van der Waals surface area contributed by atoms with Gasteiger partial charge in [0.05, 0.1) is 0 Å². The fourth-order valence-corrected chi connectivity index (χ4v) is 3.06. The van der Waals surface area contributed by atoms with Gasteiger partial charge in [-0.1, -0.05) is 6.92 Å². The Hall–Kier alpha value is 0.310. The van der Waals surface area contributed by atoms with Crippen LogP contribution < -0.4 is 5.32 Å². The predicted octanol–water partition coefficient (Wildman–Crippen LogP) is 1.98. The van der Waals surface area contributed by atoms with Crippen molar-refractivity contribution in [3.8, 4) is 0 Å². The van der Waals surface area contributed by atoms with Crippen molar-refractivity contribution < 1.29 is 0 Å². The van der Waals surface area contributed by atoms with Crippen LogP contribution in [0.5, 0.6) is 0 Å². The summed E-state index contributed by atoms with van der Waals surface area (Å²) >= 11 is 4.66. The van der Waals surface area contributed by atoms with Gasteiger partial charge in [-0.25, -0.2) is 0 Å². The van der Waals surface area contributed by atoms with Gasteiger partial charge >= 0.3 is 0 Å². The molecule has 1 N–H and O–H groups in total. The molecule has 2 heteroatoms. The van der Waals surface area contributed by atoms with Gasteiger partial charge in [0.2, 0.25) is 0 Å². The SMILES string of the molecule is CC1(S)CCC2(CCCN2)C1. The second kappa shape index (κ2) is 2.40. The van der Waals surface area contributed by atoms with E-state index in [0.717, 1.165) is 0 Å². The Labute approximate surface area is 74.4 Å². The van der Waals surface area contributed by atoms with E-state index in [1.165, 1.54) is 38.6 Å². The van der Waals surface area contributed by atoms with Crippen molar-refractivity contribution in [3.63, 3.8) is 0 Å². The standard InChI is InChI=1S/C9H17NS/c1-8(11)4-5-9(7-8)3-2-6-10-9/h10-11H,2-7H2,1H3. The molecular formula is C9H17NS. The van der Waals surface area contributed by atoms with Gasteiger partial charge in [-0.2, -0.15) is 12.6 Å². The normalized spacial score (nSPS) is 50.7. The highest BCUT2D eigenvalue weighted by molar-refractivity contribution is 7.81. The van der Waals surface area contributed by atoms with Gasteiger partial charge < -0.3 is 5.32 Å². The zero-order chi connectivity index (χ0) is 7.95. The Balaban J connectivity index is 2.07. The molecule has 2 unspecified atom stereocenters. The number of thiol groups is 1. The molecule has 0 aromatic heterocycles. The van der Waals surface area contributed by atoms with E-state index < -0.39 is 0 Å². The summed E-state index contributed by atoms with van der Waals surface area (Å²) in [6.07, 6.45) is 6.63. The maximum absolute atomic E-state index is 4.66. The molecule has 0 aromatic rings. The fraction of sp³-hybridized carbons (Fsp3) is 1.00. The number of hydrogen-bond acceptors (Lipinski definition) is 2. The summed E-state index contributed by atoms with van der Waals surface area (Å²) in [5, 5.41) is 3.64. The molecule has 1 spiro atoms. The minimum absolute atomic E-state index is 0.303. The first-order valence-electron chi connectivity index (χ1n) is 4.59. The molecule has 1 nitrogen and oxygen atoms in total. The number of nitrogens with one attached hydrogen (secondary N) is 1. The Morgan fingerprint density at radius 1 is 1.27 bits per heavy atom. The molecule has 2 rings (SSSR count). The molecule has 2 atom stereocenters. The second-order valence-electron chi connectivity index (χ2n) is 4.48. The average molecular weight is 171 g/mol. The molecule has 1 aliphatic carbocycles. The molecule has 0 bridgehead atoms. The lowest BCUT2D eigenvalue weighted by Crippen LogP contribution is -2.37. The molecule has 1 saturated heterocycles. The largest absolute Gasteiger partial charge is 0.311 e. The van der Waals surface area contributed by atoms with Crippen molar-refractivity contribution in [2.24, 2.45) is 0 Å². The van der Waals surface area contributed by atoms with Crippen LogP contribution in [0.4, 0.5) is 0 Å². The molecule has 1 saturated carbocycles. The van der Waals surface area contributed by atoms with Crippen LogP contribution in [0.1, 0.15) is 39.0 Å². The summed E-state index contributed by atoms with van der Waals surface area (Å²) in [4.78, 5) is 0. The summed E-state index contributed by atoms with van der Waals surface area (Å²) in [5.41, 5.74) is 0.497. The van der Waals surface area contributed by atoms with Gasteiger partial charge in [-0.15, -0.1) is 0 Å². The first-order valence-corrected chi connectivity index (χ1v) is 5.04. The summed E-state index contributed by atoms with van der Waals surface area (Å²) < 4.78 is 0.303. The van der Waals surface area contributed by atoms with Crippen LogP contribution in [-0.4, -0.2) is 16.8 Å². The van der Waals surface area contributed by atoms with Crippen LogP contribution in [0.3, 0.4) is 0 Å². The van der Waals surface area contributed by atoms with Crippen molar-refractivity contribution >= 4 is 12.6 Å². The molecule has 0 amide bonds. The van der Waals surface area contributed by atoms with Gasteiger partial charge in [0, 0.05) is 10.3 Å². The third-order valence-corrected chi connectivity index (χ3v) is 3.58. The van der Waals surface area contributed by atoms with Crippen LogP contribution in [0.2, 0.25) is 0 Å². The molecule has 2 aliphatic rings. The first-order chi connectivity index (χ1) is 5.12. The fourth-order valence-electron chi connectivity index (χ4n) is 2.65. The van der Waals surface area contributed by atoms with Crippen molar-refractivity contribution in [3.05, 3.63) is 0 Å². The van der Waals surface area contributed by atoms with Crippen LogP contribution in [0, 0.1) is 0 Å². The molecule has 0 aromatic carbocycles. The van der Waals surface area contributed by atoms with Crippen molar-refractivity contribution in [1.82, 2.24) is 5.32 Å². The van der Waals surface area contributed by atoms with Crippen molar-refractivity contribution in [1.29, 1.82) is 0 Å². The first kappa shape index (κ1) is 7.93. The number of rotatable bonds is 0. The smallest absolute Gasteiger partial charge is 0.0195 e. The Morgan fingerprint density at radius 3 is 2.55 bits per heavy atom. The third-order valence-electron chi connectivity index (χ3n) is 3.19. The quantitative estimate of drug-likeness (QED) is 0.531. The molecule has 1 heterocycles. The van der Waals surface area contributed by atoms with Crippen molar-refractivity contribution in [2.75, 3.05) is 6.54 Å². The topological polar surface area (TPSA) is 12.0 Å². The van der Waals surface area contributed by atoms with Gasteiger partial charge in [0.25, 0.3) is 0 Å². The van der Waals surface area contributed by atoms with E-state index in [1.807, 2.05) is 0 Å². The second-order valence-corrected chi connectivity index (χ2v) is 5.56. The third kappa shape index (κ3) is 1.43. The van der Waals surface area contributed by atoms with Gasteiger partial charge in [0.1, 0.15) is 0 Å². The van der Waals surface area contributed by atoms with E-state index in [2.05, 4.69) is 24.9 Å². The highest BCUT2D eigenvalue weighted by atomic mass is 32.1. The summed E-state index contributed by atoms with van der Waals surface area (Å²) in [7, 11) is 0. The van der Waals surface area contributed by atoms with E-state index in [0.29, 0.717) is 10.3 Å². The van der Waals surface area contributed by atoms with Crippen LogP contribution in [0.25, 0.3) is 0 Å². The lowest BCUT2D eigenvalue weighted by Gasteiger charge is -2.25. The maximum Gasteiger partial charge on any atom is 0.0195 e. The summed E-state index contributed by atoms with van der Waals surface area (Å²) in [5.74, 6) is 0. The zero-order valence-corrected chi connectivity index (χ0v) is 8.08. The highest BCUT2D eigenvalue weighted by Crippen LogP contribution is 2.45. The minimum Gasteiger partial charge on any atom is -0.311 e. The van der Waals surface area contributed by atoms with Gasteiger partial charge in [0.15, 0.2) is 0 Å². The van der Waals surface area contributed by atoms with Gasteiger partial charge in [-0.05, 0) is 38.6 Å². The Kier molecular flexibility index (Phi) is 1.73. The Bertz CT molecular complexity index is 159. The molecule has 64 valence electrons. The highest BCUT2D eigenvalue weighted by Gasteiger charge is 2.44. The zero-order valence-electron chi connectivity index (χ0n) is 7.19. The van der Waals surface area contributed by atoms with E-state index in [-0.39, 0.29) is 0 Å². The van der Waals surface area contributed by atoms with Crippen LogP contribution >= 0.6 is 12.6 Å². The van der Waals surface area contributed by atoms with E-state index >= 15 is 0 Å². The lowest BCUT2D eigenvalue weighted by atomic mass is 9.94. The van der Waals surface area contributed by atoms with Crippen LogP contribution in [0.15, 0.2) is 0 Å². The predicted molar refractivity (Wildman–Crippen MR) is 51.2 cm³/mol. The van der Waals surface area contributed by atoms with E-state index in [9.17, 15) is 0 Å². The molecule has 11 heavy (non-hydrogen) atoms. The van der Waals surface area contributed by atoms with E-state index in [1.54, 1.807) is 0 Å². The summed E-state index contributed by atoms with van der Waals surface area (Å²) in [6, 6.07) is 0. The molecule has 0 radical (unpaired) electrons. The molecule has 2 fully saturated rings. The lowest BCUT2D eigenvalue weighted by molar-refractivity contribution is 0.381.